The Bertz CT molecular complexity index is 297. The highest BCUT2D eigenvalue weighted by Crippen LogP contribution is 2.12. The number of nitrogens with one attached hydrogen (secondary N) is 1. The van der Waals surface area contributed by atoms with Gasteiger partial charge in [-0.3, -0.25) is 0 Å². The normalized spacial score (nSPS) is 12.4. The maximum atomic E-state index is 12.6. The van der Waals surface area contributed by atoms with Crippen LogP contribution in [-0.2, 0) is 0 Å². The van der Waals surface area contributed by atoms with Crippen molar-refractivity contribution in [3.63, 3.8) is 0 Å². The molecule has 1 atom stereocenters. The molecule has 1 rings (SSSR count). The summed E-state index contributed by atoms with van der Waals surface area (Å²) in [6.07, 6.45) is 2.10. The van der Waals surface area contributed by atoms with Gasteiger partial charge in [-0.25, -0.2) is 4.39 Å². The average molecular weight is 209 g/mol. The van der Waals surface area contributed by atoms with E-state index in [0.29, 0.717) is 6.54 Å². The molecule has 0 heterocycles. The van der Waals surface area contributed by atoms with Crippen LogP contribution in [0.3, 0.4) is 0 Å². The Morgan fingerprint density at radius 3 is 2.67 bits per heavy atom. The topological polar surface area (TPSA) is 32.3 Å². The summed E-state index contributed by atoms with van der Waals surface area (Å²) in [7, 11) is 0. The van der Waals surface area contributed by atoms with E-state index >= 15 is 0 Å². The van der Waals surface area contributed by atoms with Crippen molar-refractivity contribution in [1.82, 2.24) is 5.32 Å². The molecular formula is C12H16FNO. The standard InChI is InChI=1S/C12H16FNO/c1-2-3-8-14-9-12(15)10-4-6-11(13)7-5-10/h2,4-7,12,14-15H,1,3,8-9H2. The van der Waals surface area contributed by atoms with Crippen molar-refractivity contribution in [3.8, 4) is 0 Å². The van der Waals surface area contributed by atoms with Crippen molar-refractivity contribution in [2.45, 2.75) is 12.5 Å². The smallest absolute Gasteiger partial charge is 0.123 e. The van der Waals surface area contributed by atoms with Crippen LogP contribution in [-0.4, -0.2) is 18.2 Å². The van der Waals surface area contributed by atoms with Crippen molar-refractivity contribution in [2.24, 2.45) is 0 Å². The molecule has 0 saturated carbocycles. The van der Waals surface area contributed by atoms with Gasteiger partial charge in [0.1, 0.15) is 5.82 Å². The zero-order valence-electron chi connectivity index (χ0n) is 8.62. The van der Waals surface area contributed by atoms with Crippen molar-refractivity contribution in [1.29, 1.82) is 0 Å². The Kier molecular flexibility index (Phi) is 5.01. The van der Waals surface area contributed by atoms with Crippen LogP contribution in [0.25, 0.3) is 0 Å². The van der Waals surface area contributed by atoms with Crippen LogP contribution in [0, 0.1) is 5.82 Å². The van der Waals surface area contributed by atoms with Crippen LogP contribution >= 0.6 is 0 Å². The molecule has 2 nitrogen and oxygen atoms in total. The van der Waals surface area contributed by atoms with Crippen molar-refractivity contribution in [3.05, 3.63) is 48.3 Å². The first kappa shape index (κ1) is 11.9. The second-order valence-electron chi connectivity index (χ2n) is 3.35. The molecule has 3 heteroatoms. The number of benzene rings is 1. The monoisotopic (exact) mass is 209 g/mol. The SMILES string of the molecule is C=CCCNCC(O)c1ccc(F)cc1. The molecule has 0 bridgehead atoms. The minimum absolute atomic E-state index is 0.287. The zero-order chi connectivity index (χ0) is 11.1. The van der Waals surface area contributed by atoms with E-state index < -0.39 is 6.10 Å². The van der Waals surface area contributed by atoms with Gasteiger partial charge in [-0.1, -0.05) is 18.2 Å². The summed E-state index contributed by atoms with van der Waals surface area (Å²) < 4.78 is 12.6. The predicted octanol–water partition coefficient (Wildman–Crippen LogP) is 2.02. The Morgan fingerprint density at radius 2 is 2.07 bits per heavy atom. The van der Waals surface area contributed by atoms with Crippen molar-refractivity contribution < 1.29 is 9.50 Å². The van der Waals surface area contributed by atoms with Gasteiger partial charge in [-0.15, -0.1) is 6.58 Å². The fourth-order valence-corrected chi connectivity index (χ4v) is 1.25. The van der Waals surface area contributed by atoms with Gasteiger partial charge in [0, 0.05) is 6.54 Å². The molecule has 1 unspecified atom stereocenters. The number of hydrogen-bond acceptors (Lipinski definition) is 2. The molecule has 0 aliphatic carbocycles. The molecule has 0 aliphatic rings. The summed E-state index contributed by atoms with van der Waals surface area (Å²) in [5, 5.41) is 12.8. The van der Waals surface area contributed by atoms with E-state index in [1.54, 1.807) is 12.1 Å². The van der Waals surface area contributed by atoms with Crippen LogP contribution in [0.5, 0.6) is 0 Å². The van der Waals surface area contributed by atoms with Crippen molar-refractivity contribution in [2.75, 3.05) is 13.1 Å². The zero-order valence-corrected chi connectivity index (χ0v) is 8.62. The third-order valence-electron chi connectivity index (χ3n) is 2.12. The van der Waals surface area contributed by atoms with E-state index in [9.17, 15) is 9.50 Å². The first-order valence-corrected chi connectivity index (χ1v) is 4.99. The van der Waals surface area contributed by atoms with E-state index in [-0.39, 0.29) is 5.82 Å². The molecule has 1 aromatic rings. The summed E-state index contributed by atoms with van der Waals surface area (Å²) in [5.41, 5.74) is 0.725. The molecule has 0 aromatic heterocycles. The minimum Gasteiger partial charge on any atom is -0.387 e. The van der Waals surface area contributed by atoms with E-state index in [0.717, 1.165) is 18.5 Å². The maximum absolute atomic E-state index is 12.6. The number of halogens is 1. The summed E-state index contributed by atoms with van der Waals surface area (Å²) >= 11 is 0. The highest BCUT2D eigenvalue weighted by atomic mass is 19.1. The van der Waals surface area contributed by atoms with Gasteiger partial charge in [0.15, 0.2) is 0 Å². The van der Waals surface area contributed by atoms with Gasteiger partial charge in [0.25, 0.3) is 0 Å². The fraction of sp³-hybridized carbons (Fsp3) is 0.333. The van der Waals surface area contributed by atoms with E-state index in [1.807, 2.05) is 6.08 Å². The third kappa shape index (κ3) is 4.23. The Hall–Kier alpha value is -1.19. The second-order valence-corrected chi connectivity index (χ2v) is 3.35. The van der Waals surface area contributed by atoms with Gasteiger partial charge in [-0.05, 0) is 30.7 Å². The lowest BCUT2D eigenvalue weighted by molar-refractivity contribution is 0.175. The number of aliphatic hydroxyl groups excluding tert-OH is 1. The largest absolute Gasteiger partial charge is 0.387 e. The van der Waals surface area contributed by atoms with E-state index in [4.69, 9.17) is 0 Å². The van der Waals surface area contributed by atoms with E-state index in [1.165, 1.54) is 12.1 Å². The second kappa shape index (κ2) is 6.32. The van der Waals surface area contributed by atoms with Crippen LogP contribution in [0.1, 0.15) is 18.1 Å². The highest BCUT2D eigenvalue weighted by Gasteiger charge is 2.05. The first-order valence-electron chi connectivity index (χ1n) is 4.99. The first-order chi connectivity index (χ1) is 7.24. The lowest BCUT2D eigenvalue weighted by atomic mass is 10.1. The molecule has 0 fully saturated rings. The Morgan fingerprint density at radius 1 is 1.40 bits per heavy atom. The third-order valence-corrected chi connectivity index (χ3v) is 2.12. The van der Waals surface area contributed by atoms with Gasteiger partial charge in [0.2, 0.25) is 0 Å². The molecule has 0 spiro atoms. The van der Waals surface area contributed by atoms with Crippen LogP contribution in [0.2, 0.25) is 0 Å². The summed E-state index contributed by atoms with van der Waals surface area (Å²) in [6, 6.07) is 5.88. The molecule has 0 amide bonds. The lowest BCUT2D eigenvalue weighted by Gasteiger charge is -2.11. The van der Waals surface area contributed by atoms with Crippen LogP contribution in [0.4, 0.5) is 4.39 Å². The highest BCUT2D eigenvalue weighted by molar-refractivity contribution is 5.18. The number of aliphatic hydroxyl groups is 1. The fourth-order valence-electron chi connectivity index (χ4n) is 1.25. The van der Waals surface area contributed by atoms with E-state index in [2.05, 4.69) is 11.9 Å². The van der Waals surface area contributed by atoms with Crippen LogP contribution < -0.4 is 5.32 Å². The molecule has 2 N–H and O–H groups in total. The molecule has 0 radical (unpaired) electrons. The molecule has 1 aromatic carbocycles. The Balaban J connectivity index is 2.36. The van der Waals surface area contributed by atoms with Crippen LogP contribution in [0.15, 0.2) is 36.9 Å². The van der Waals surface area contributed by atoms with Gasteiger partial charge >= 0.3 is 0 Å². The maximum Gasteiger partial charge on any atom is 0.123 e. The molecule has 82 valence electrons. The summed E-state index contributed by atoms with van der Waals surface area (Å²) in [4.78, 5) is 0. The quantitative estimate of drug-likeness (QED) is 0.555. The molecular weight excluding hydrogens is 193 g/mol. The minimum atomic E-state index is -0.588. The number of rotatable bonds is 6. The molecule has 0 aliphatic heterocycles. The van der Waals surface area contributed by atoms with Gasteiger partial charge < -0.3 is 10.4 Å². The number of hydrogen-bond donors (Lipinski definition) is 2. The lowest BCUT2D eigenvalue weighted by Crippen LogP contribution is -2.22. The van der Waals surface area contributed by atoms with Crippen molar-refractivity contribution >= 4 is 0 Å². The summed E-state index contributed by atoms with van der Waals surface area (Å²) in [5.74, 6) is -0.287. The average Bonchev–Trinajstić information content (AvgIpc) is 2.25. The Labute approximate surface area is 89.4 Å². The predicted molar refractivity (Wildman–Crippen MR) is 59.0 cm³/mol. The van der Waals surface area contributed by atoms with Gasteiger partial charge in [0.05, 0.1) is 6.10 Å². The van der Waals surface area contributed by atoms with Gasteiger partial charge in [-0.2, -0.15) is 0 Å². The molecule has 0 saturated heterocycles. The summed E-state index contributed by atoms with van der Waals surface area (Å²) in [6.45, 7) is 4.87. The molecule has 15 heavy (non-hydrogen) atoms.